The highest BCUT2D eigenvalue weighted by molar-refractivity contribution is 6.35. The van der Waals surface area contributed by atoms with Crippen LogP contribution in [-0.2, 0) is 16.1 Å². The molecule has 0 aliphatic rings. The van der Waals surface area contributed by atoms with Crippen LogP contribution >= 0.6 is 23.2 Å². The summed E-state index contributed by atoms with van der Waals surface area (Å²) in [6.07, 6.45) is 0. The van der Waals surface area contributed by atoms with Crippen molar-refractivity contribution in [3.05, 3.63) is 64.1 Å². The molecule has 0 atom stereocenters. The van der Waals surface area contributed by atoms with Crippen LogP contribution in [-0.4, -0.2) is 29.3 Å². The van der Waals surface area contributed by atoms with E-state index < -0.39 is 0 Å². The summed E-state index contributed by atoms with van der Waals surface area (Å²) in [5.74, 6) is -0.393. The molecule has 0 bridgehead atoms. The van der Waals surface area contributed by atoms with Crippen molar-refractivity contribution in [2.24, 2.45) is 0 Å². The third-order valence-corrected chi connectivity index (χ3v) is 4.41. The number of nitrogens with zero attached hydrogens (tertiary/aromatic N) is 2. The van der Waals surface area contributed by atoms with Crippen molar-refractivity contribution < 1.29 is 9.59 Å². The van der Waals surface area contributed by atoms with Crippen molar-refractivity contribution >= 4 is 40.7 Å². The lowest BCUT2D eigenvalue weighted by Gasteiger charge is -2.30. The molecule has 0 saturated heterocycles. The average Bonchev–Trinajstić information content (AvgIpc) is 2.56. The highest BCUT2D eigenvalue weighted by Crippen LogP contribution is 2.26. The molecule has 0 aliphatic carbocycles. The summed E-state index contributed by atoms with van der Waals surface area (Å²) in [6, 6.07) is 14.6. The Morgan fingerprint density at radius 3 is 2.08 bits per heavy atom. The predicted octanol–water partition coefficient (Wildman–Crippen LogP) is 4.78. The van der Waals surface area contributed by atoms with E-state index in [9.17, 15) is 9.59 Å². The number of rotatable bonds is 6. The molecule has 2 rings (SSSR count). The molecular formula is C20H22Cl2N2O2. The zero-order valence-electron chi connectivity index (χ0n) is 15.1. The molecule has 0 fully saturated rings. The fraction of sp³-hybridized carbons (Fsp3) is 0.300. The maximum Gasteiger partial charge on any atom is 0.243 e. The van der Waals surface area contributed by atoms with Crippen LogP contribution in [0.5, 0.6) is 0 Å². The first-order chi connectivity index (χ1) is 12.3. The highest BCUT2D eigenvalue weighted by atomic mass is 35.5. The van der Waals surface area contributed by atoms with E-state index in [4.69, 9.17) is 23.2 Å². The number of amides is 2. The minimum Gasteiger partial charge on any atom is -0.334 e. The molecule has 0 heterocycles. The van der Waals surface area contributed by atoms with Crippen molar-refractivity contribution in [2.45, 2.75) is 33.4 Å². The maximum absolute atomic E-state index is 12.9. The average molecular weight is 393 g/mol. The summed E-state index contributed by atoms with van der Waals surface area (Å²) in [7, 11) is 0. The van der Waals surface area contributed by atoms with Gasteiger partial charge in [-0.25, -0.2) is 0 Å². The SMILES string of the molecule is CC(=O)N(CC(=O)N(Cc1ccccc1)C(C)C)c1cc(Cl)cc(Cl)c1. The quantitative estimate of drug-likeness (QED) is 0.709. The van der Waals surface area contributed by atoms with Crippen LogP contribution in [0.15, 0.2) is 48.5 Å². The smallest absolute Gasteiger partial charge is 0.243 e. The molecule has 0 spiro atoms. The van der Waals surface area contributed by atoms with Gasteiger partial charge in [0, 0.05) is 35.2 Å². The molecule has 138 valence electrons. The van der Waals surface area contributed by atoms with Gasteiger partial charge in [0.1, 0.15) is 6.54 Å². The Labute approximate surface area is 164 Å². The summed E-state index contributed by atoms with van der Waals surface area (Å²) >= 11 is 12.1. The van der Waals surface area contributed by atoms with E-state index in [-0.39, 0.29) is 24.4 Å². The van der Waals surface area contributed by atoms with E-state index in [2.05, 4.69) is 0 Å². The van der Waals surface area contributed by atoms with Gasteiger partial charge in [-0.1, -0.05) is 53.5 Å². The Kier molecular flexibility index (Phi) is 7.06. The minimum absolute atomic E-state index is 0.000497. The molecule has 0 aromatic heterocycles. The third-order valence-electron chi connectivity index (χ3n) is 3.97. The van der Waals surface area contributed by atoms with Gasteiger partial charge in [-0.15, -0.1) is 0 Å². The molecule has 2 amide bonds. The summed E-state index contributed by atoms with van der Waals surface area (Å²) in [5, 5.41) is 0.826. The van der Waals surface area contributed by atoms with Gasteiger partial charge in [-0.2, -0.15) is 0 Å². The van der Waals surface area contributed by atoms with E-state index in [1.165, 1.54) is 11.8 Å². The molecule has 0 unspecified atom stereocenters. The van der Waals surface area contributed by atoms with Crippen LogP contribution < -0.4 is 4.90 Å². The third kappa shape index (κ3) is 5.48. The second-order valence-electron chi connectivity index (χ2n) is 6.33. The Morgan fingerprint density at radius 1 is 1.00 bits per heavy atom. The van der Waals surface area contributed by atoms with E-state index >= 15 is 0 Å². The van der Waals surface area contributed by atoms with E-state index in [0.29, 0.717) is 22.3 Å². The first kappa shape index (κ1) is 20.3. The van der Waals surface area contributed by atoms with Gasteiger partial charge in [0.15, 0.2) is 0 Å². The molecule has 0 radical (unpaired) electrons. The predicted molar refractivity (Wildman–Crippen MR) is 107 cm³/mol. The number of benzene rings is 2. The number of anilines is 1. The topological polar surface area (TPSA) is 40.6 Å². The molecule has 6 heteroatoms. The van der Waals surface area contributed by atoms with Crippen molar-refractivity contribution in [3.63, 3.8) is 0 Å². The second kappa shape index (κ2) is 9.06. The van der Waals surface area contributed by atoms with Gasteiger partial charge in [-0.05, 0) is 37.6 Å². The van der Waals surface area contributed by atoms with Crippen LogP contribution in [0.25, 0.3) is 0 Å². The van der Waals surface area contributed by atoms with Gasteiger partial charge in [-0.3, -0.25) is 9.59 Å². The van der Waals surface area contributed by atoms with Crippen molar-refractivity contribution in [3.8, 4) is 0 Å². The minimum atomic E-state index is -0.250. The summed E-state index contributed by atoms with van der Waals surface area (Å²) in [6.45, 7) is 5.74. The van der Waals surface area contributed by atoms with Crippen molar-refractivity contribution in [1.29, 1.82) is 0 Å². The van der Waals surface area contributed by atoms with E-state index in [1.54, 1.807) is 23.1 Å². The Balaban J connectivity index is 2.22. The normalized spacial score (nSPS) is 10.7. The van der Waals surface area contributed by atoms with Crippen LogP contribution in [0.3, 0.4) is 0 Å². The summed E-state index contributed by atoms with van der Waals surface area (Å²) in [5.41, 5.74) is 1.54. The Morgan fingerprint density at radius 2 is 1.58 bits per heavy atom. The standard InChI is InChI=1S/C20H22Cl2N2O2/c1-14(2)23(12-16-7-5-4-6-8-16)20(26)13-24(15(3)25)19-10-17(21)9-18(22)11-19/h4-11,14H,12-13H2,1-3H3. The van der Waals surface area contributed by atoms with Crippen molar-refractivity contribution in [2.75, 3.05) is 11.4 Å². The lowest BCUT2D eigenvalue weighted by molar-refractivity contribution is -0.133. The Hall–Kier alpha value is -2.04. The number of halogens is 2. The van der Waals surface area contributed by atoms with E-state index in [0.717, 1.165) is 5.56 Å². The van der Waals surface area contributed by atoms with Gasteiger partial charge in [0.2, 0.25) is 11.8 Å². The molecule has 0 N–H and O–H groups in total. The number of carbonyl (C=O) groups is 2. The summed E-state index contributed by atoms with van der Waals surface area (Å²) in [4.78, 5) is 28.2. The largest absolute Gasteiger partial charge is 0.334 e. The van der Waals surface area contributed by atoms with Gasteiger partial charge < -0.3 is 9.80 Å². The fourth-order valence-corrected chi connectivity index (χ4v) is 3.16. The lowest BCUT2D eigenvalue weighted by atomic mass is 10.2. The molecule has 4 nitrogen and oxygen atoms in total. The summed E-state index contributed by atoms with van der Waals surface area (Å²) < 4.78 is 0. The molecule has 2 aromatic rings. The molecule has 0 aliphatic heterocycles. The van der Waals surface area contributed by atoms with Crippen LogP contribution in [0.2, 0.25) is 10.0 Å². The highest BCUT2D eigenvalue weighted by Gasteiger charge is 2.23. The second-order valence-corrected chi connectivity index (χ2v) is 7.21. The van der Waals surface area contributed by atoms with Gasteiger partial charge >= 0.3 is 0 Å². The Bertz CT molecular complexity index is 758. The number of hydrogen-bond acceptors (Lipinski definition) is 2. The number of hydrogen-bond donors (Lipinski definition) is 0. The van der Waals surface area contributed by atoms with Crippen LogP contribution in [0.1, 0.15) is 26.3 Å². The maximum atomic E-state index is 12.9. The van der Waals surface area contributed by atoms with Crippen LogP contribution in [0.4, 0.5) is 5.69 Å². The van der Waals surface area contributed by atoms with Crippen LogP contribution in [0, 0.1) is 0 Å². The number of carbonyl (C=O) groups excluding carboxylic acids is 2. The first-order valence-corrected chi connectivity index (χ1v) is 9.11. The van der Waals surface area contributed by atoms with E-state index in [1.807, 2.05) is 44.2 Å². The molecular weight excluding hydrogens is 371 g/mol. The zero-order chi connectivity index (χ0) is 19.3. The van der Waals surface area contributed by atoms with Gasteiger partial charge in [0.25, 0.3) is 0 Å². The first-order valence-electron chi connectivity index (χ1n) is 8.35. The lowest BCUT2D eigenvalue weighted by Crippen LogP contribution is -2.44. The molecule has 2 aromatic carbocycles. The fourth-order valence-electron chi connectivity index (χ4n) is 2.64. The molecule has 26 heavy (non-hydrogen) atoms. The zero-order valence-corrected chi connectivity index (χ0v) is 16.6. The van der Waals surface area contributed by atoms with Gasteiger partial charge in [0.05, 0.1) is 0 Å². The van der Waals surface area contributed by atoms with Crippen molar-refractivity contribution in [1.82, 2.24) is 4.90 Å². The monoisotopic (exact) mass is 392 g/mol. The molecule has 0 saturated carbocycles.